The van der Waals surface area contributed by atoms with Gasteiger partial charge in [0.2, 0.25) is 0 Å². The Morgan fingerprint density at radius 3 is 2.09 bits per heavy atom. The number of nitrogens with zero attached hydrogens (tertiary/aromatic N) is 2. The molecule has 0 radical (unpaired) electrons. The van der Waals surface area contributed by atoms with E-state index in [1.165, 1.54) is 32.8 Å². The van der Waals surface area contributed by atoms with E-state index in [1.807, 2.05) is 32.3 Å². The SMILES string of the molecule is CCN(C(=O)[O-])c1ccc2c(c1)Cc1cc(N(C)C)ccc1-2. The molecule has 2 aromatic carbocycles. The number of amides is 1. The summed E-state index contributed by atoms with van der Waals surface area (Å²) < 4.78 is 0. The van der Waals surface area contributed by atoms with Crippen molar-refractivity contribution in [1.82, 2.24) is 0 Å². The molecule has 22 heavy (non-hydrogen) atoms. The highest BCUT2D eigenvalue weighted by Gasteiger charge is 2.20. The number of carbonyl (C=O) groups is 1. The minimum Gasteiger partial charge on any atom is -0.530 e. The molecule has 4 nitrogen and oxygen atoms in total. The van der Waals surface area contributed by atoms with Crippen LogP contribution < -0.4 is 14.9 Å². The van der Waals surface area contributed by atoms with Gasteiger partial charge in [-0.3, -0.25) is 0 Å². The highest BCUT2D eigenvalue weighted by atomic mass is 16.4. The molecule has 1 aliphatic rings. The molecule has 0 bridgehead atoms. The molecule has 114 valence electrons. The Bertz CT molecular complexity index is 738. The van der Waals surface area contributed by atoms with Gasteiger partial charge in [0.05, 0.1) is 0 Å². The second-order valence-corrected chi connectivity index (χ2v) is 5.76. The van der Waals surface area contributed by atoms with Crippen LogP contribution >= 0.6 is 0 Å². The first-order chi connectivity index (χ1) is 10.5. The third-order valence-corrected chi connectivity index (χ3v) is 4.21. The molecule has 0 saturated carbocycles. The summed E-state index contributed by atoms with van der Waals surface area (Å²) in [6.07, 6.45) is -0.321. The zero-order valence-electron chi connectivity index (χ0n) is 13.1. The quantitative estimate of drug-likeness (QED) is 0.746. The van der Waals surface area contributed by atoms with Crippen LogP contribution in [0, 0.1) is 0 Å². The Morgan fingerprint density at radius 2 is 1.59 bits per heavy atom. The fourth-order valence-electron chi connectivity index (χ4n) is 3.05. The van der Waals surface area contributed by atoms with Gasteiger partial charge in [-0.05, 0) is 59.9 Å². The normalized spacial score (nSPS) is 11.8. The predicted octanol–water partition coefficient (Wildman–Crippen LogP) is 2.49. The average Bonchev–Trinajstić information content (AvgIpc) is 2.84. The average molecular weight is 295 g/mol. The van der Waals surface area contributed by atoms with Crippen LogP contribution in [0.1, 0.15) is 18.1 Å². The Hall–Kier alpha value is -2.49. The molecule has 0 atom stereocenters. The van der Waals surface area contributed by atoms with E-state index in [9.17, 15) is 9.90 Å². The van der Waals surface area contributed by atoms with Gasteiger partial charge >= 0.3 is 0 Å². The molecule has 0 heterocycles. The number of anilines is 2. The lowest BCUT2D eigenvalue weighted by molar-refractivity contribution is -0.246. The number of carboxylic acid groups (broad SMARTS) is 1. The topological polar surface area (TPSA) is 46.6 Å². The standard InChI is InChI=1S/C18H20N2O2/c1-4-20(18(21)22)15-6-8-17-13(11-15)9-12-10-14(19(2)3)5-7-16(12)17/h5-8,10-11H,4,9H2,1-3H3,(H,21,22)/p-1. The van der Waals surface area contributed by atoms with Gasteiger partial charge in [0.15, 0.2) is 0 Å². The van der Waals surface area contributed by atoms with Gasteiger partial charge in [-0.2, -0.15) is 0 Å². The van der Waals surface area contributed by atoms with E-state index in [4.69, 9.17) is 0 Å². The molecule has 3 rings (SSSR count). The summed E-state index contributed by atoms with van der Waals surface area (Å²) in [4.78, 5) is 14.5. The highest BCUT2D eigenvalue weighted by Crippen LogP contribution is 2.39. The van der Waals surface area contributed by atoms with E-state index < -0.39 is 6.09 Å². The summed E-state index contributed by atoms with van der Waals surface area (Å²) in [5.74, 6) is 0. The Balaban J connectivity index is 2.00. The van der Waals surface area contributed by atoms with E-state index in [0.29, 0.717) is 12.2 Å². The Morgan fingerprint density at radius 1 is 1.05 bits per heavy atom. The zero-order chi connectivity index (χ0) is 15.9. The largest absolute Gasteiger partial charge is 0.530 e. The predicted molar refractivity (Wildman–Crippen MR) is 87.4 cm³/mol. The maximum absolute atomic E-state index is 11.2. The molecule has 1 amide bonds. The monoisotopic (exact) mass is 295 g/mol. The van der Waals surface area contributed by atoms with Gasteiger partial charge in [0.25, 0.3) is 0 Å². The molecule has 0 aliphatic heterocycles. The fourth-order valence-corrected chi connectivity index (χ4v) is 3.05. The van der Waals surface area contributed by atoms with Crippen LogP contribution in [0.15, 0.2) is 36.4 Å². The lowest BCUT2D eigenvalue weighted by Gasteiger charge is -2.24. The smallest absolute Gasteiger partial charge is 0.141 e. The fraction of sp³-hybridized carbons (Fsp3) is 0.278. The van der Waals surface area contributed by atoms with Gasteiger partial charge in [-0.25, -0.2) is 0 Å². The van der Waals surface area contributed by atoms with Crippen LogP contribution in [0.5, 0.6) is 0 Å². The van der Waals surface area contributed by atoms with Crippen molar-refractivity contribution in [1.29, 1.82) is 0 Å². The molecule has 0 unspecified atom stereocenters. The Kier molecular flexibility index (Phi) is 3.53. The van der Waals surface area contributed by atoms with Crippen molar-refractivity contribution in [3.05, 3.63) is 47.5 Å². The van der Waals surface area contributed by atoms with E-state index in [0.717, 1.165) is 6.42 Å². The maximum atomic E-state index is 11.2. The van der Waals surface area contributed by atoms with Gasteiger partial charge < -0.3 is 19.7 Å². The van der Waals surface area contributed by atoms with E-state index in [2.05, 4.69) is 23.1 Å². The molecule has 0 N–H and O–H groups in total. The number of carbonyl (C=O) groups excluding carboxylic acids is 1. The highest BCUT2D eigenvalue weighted by molar-refractivity contribution is 5.87. The number of fused-ring (bicyclic) bond motifs is 3. The molecule has 0 fully saturated rings. The maximum Gasteiger partial charge on any atom is 0.141 e. The van der Waals surface area contributed by atoms with Crippen LogP contribution in [0.3, 0.4) is 0 Å². The molecule has 2 aromatic rings. The second-order valence-electron chi connectivity index (χ2n) is 5.76. The molecule has 0 saturated heterocycles. The molecular formula is C18H19N2O2-. The summed E-state index contributed by atoms with van der Waals surface area (Å²) in [6.45, 7) is 2.19. The first-order valence-electron chi connectivity index (χ1n) is 7.43. The second kappa shape index (κ2) is 5.37. The third kappa shape index (κ3) is 2.30. The van der Waals surface area contributed by atoms with E-state index in [-0.39, 0.29) is 0 Å². The third-order valence-electron chi connectivity index (χ3n) is 4.21. The van der Waals surface area contributed by atoms with Gasteiger partial charge in [0.1, 0.15) is 6.09 Å². The van der Waals surface area contributed by atoms with Crippen molar-refractivity contribution in [3.8, 4) is 11.1 Å². The van der Waals surface area contributed by atoms with Crippen molar-refractivity contribution < 1.29 is 9.90 Å². The lowest BCUT2D eigenvalue weighted by Crippen LogP contribution is -2.41. The zero-order valence-corrected chi connectivity index (χ0v) is 13.1. The lowest BCUT2D eigenvalue weighted by atomic mass is 10.0. The minimum atomic E-state index is -1.16. The number of hydrogen-bond donors (Lipinski definition) is 0. The van der Waals surface area contributed by atoms with E-state index in [1.54, 1.807) is 6.92 Å². The van der Waals surface area contributed by atoms with Gasteiger partial charge in [0, 0.05) is 32.0 Å². The first-order valence-corrected chi connectivity index (χ1v) is 7.43. The summed E-state index contributed by atoms with van der Waals surface area (Å²) in [6, 6.07) is 12.3. The van der Waals surface area contributed by atoms with Crippen LogP contribution in [0.4, 0.5) is 16.2 Å². The van der Waals surface area contributed by atoms with Gasteiger partial charge in [-0.1, -0.05) is 12.1 Å². The summed E-state index contributed by atoms with van der Waals surface area (Å²) >= 11 is 0. The van der Waals surface area contributed by atoms with Crippen molar-refractivity contribution in [2.45, 2.75) is 13.3 Å². The van der Waals surface area contributed by atoms with Crippen LogP contribution in [0.2, 0.25) is 0 Å². The van der Waals surface area contributed by atoms with Crippen molar-refractivity contribution in [2.24, 2.45) is 0 Å². The Labute approximate surface area is 130 Å². The minimum absolute atomic E-state index is 0.388. The molecule has 1 aliphatic carbocycles. The number of rotatable bonds is 3. The molecular weight excluding hydrogens is 276 g/mol. The first kappa shape index (κ1) is 14.4. The molecule has 4 heteroatoms. The van der Waals surface area contributed by atoms with E-state index >= 15 is 0 Å². The van der Waals surface area contributed by atoms with Crippen LogP contribution in [-0.2, 0) is 6.42 Å². The molecule has 0 aromatic heterocycles. The number of hydrogen-bond acceptors (Lipinski definition) is 3. The summed E-state index contributed by atoms with van der Waals surface area (Å²) in [5, 5.41) is 11.2. The van der Waals surface area contributed by atoms with Crippen LogP contribution in [-0.4, -0.2) is 26.7 Å². The van der Waals surface area contributed by atoms with Crippen LogP contribution in [0.25, 0.3) is 11.1 Å². The van der Waals surface area contributed by atoms with Crippen molar-refractivity contribution >= 4 is 17.5 Å². The molecule has 0 spiro atoms. The summed E-state index contributed by atoms with van der Waals surface area (Å²) in [7, 11) is 4.06. The van der Waals surface area contributed by atoms with Crippen molar-refractivity contribution in [3.63, 3.8) is 0 Å². The van der Waals surface area contributed by atoms with Gasteiger partial charge in [-0.15, -0.1) is 0 Å². The van der Waals surface area contributed by atoms with Crippen molar-refractivity contribution in [2.75, 3.05) is 30.4 Å². The number of benzene rings is 2. The summed E-state index contributed by atoms with van der Waals surface area (Å²) in [5.41, 5.74) is 6.75.